The Hall–Kier alpha value is -2.21. The lowest BCUT2D eigenvalue weighted by molar-refractivity contribution is -0.156. The zero-order valence-electron chi connectivity index (χ0n) is 12.1. The number of ether oxygens (including phenoxy) is 1. The number of hydrogen-bond acceptors (Lipinski definition) is 3. The number of para-hydroxylation sites is 1. The van der Waals surface area contributed by atoms with Crippen LogP contribution in [0.1, 0.15) is 11.1 Å². The molecular weight excluding hydrogens is 331 g/mol. The summed E-state index contributed by atoms with van der Waals surface area (Å²) in [7, 11) is 1.53. The molecule has 0 saturated carbocycles. The molecule has 2 aromatic carbocycles. The average Bonchev–Trinajstić information content (AvgIpc) is 2.53. The van der Waals surface area contributed by atoms with E-state index in [0.717, 1.165) is 11.6 Å². The summed E-state index contributed by atoms with van der Waals surface area (Å²) in [5, 5.41) is 2.69. The SMILES string of the molecule is COc1ccc(CNc2c(Cl)cccc2C(F)(F)C(=O)F)cc1. The third-order valence-electron chi connectivity index (χ3n) is 3.23. The molecule has 1 N–H and O–H groups in total. The molecule has 0 aliphatic heterocycles. The molecule has 0 amide bonds. The van der Waals surface area contributed by atoms with Crippen LogP contribution in [0.2, 0.25) is 5.02 Å². The van der Waals surface area contributed by atoms with E-state index in [9.17, 15) is 18.0 Å². The molecule has 0 bridgehead atoms. The van der Waals surface area contributed by atoms with E-state index in [-0.39, 0.29) is 17.3 Å². The first-order chi connectivity index (χ1) is 10.9. The summed E-state index contributed by atoms with van der Waals surface area (Å²) in [6.45, 7) is 0.164. The molecule has 2 aromatic rings. The fraction of sp³-hybridized carbons (Fsp3) is 0.188. The van der Waals surface area contributed by atoms with E-state index in [2.05, 4.69) is 5.32 Å². The first kappa shape index (κ1) is 17.1. The van der Waals surface area contributed by atoms with Crippen molar-refractivity contribution in [1.82, 2.24) is 0 Å². The number of alkyl halides is 2. The van der Waals surface area contributed by atoms with Gasteiger partial charge < -0.3 is 10.1 Å². The first-order valence-electron chi connectivity index (χ1n) is 6.59. The van der Waals surface area contributed by atoms with Crippen LogP contribution in [-0.4, -0.2) is 13.1 Å². The number of carbonyl (C=O) groups is 1. The standard InChI is InChI=1S/C16H13ClF3NO2/c1-23-11-7-5-10(6-8-11)9-21-14-12(3-2-4-13(14)17)16(19,20)15(18)22/h2-8,21H,9H2,1H3. The van der Waals surface area contributed by atoms with Crippen molar-refractivity contribution in [2.75, 3.05) is 12.4 Å². The summed E-state index contributed by atoms with van der Waals surface area (Å²) in [5.74, 6) is -3.60. The van der Waals surface area contributed by atoms with Crippen LogP contribution in [-0.2, 0) is 17.3 Å². The van der Waals surface area contributed by atoms with Gasteiger partial charge >= 0.3 is 12.0 Å². The summed E-state index contributed by atoms with van der Waals surface area (Å²) in [5.41, 5.74) is -0.210. The van der Waals surface area contributed by atoms with E-state index >= 15 is 0 Å². The van der Waals surface area contributed by atoms with Crippen molar-refractivity contribution >= 4 is 23.3 Å². The first-order valence-corrected chi connectivity index (χ1v) is 6.97. The van der Waals surface area contributed by atoms with Crippen LogP contribution in [0, 0.1) is 0 Å². The zero-order chi connectivity index (χ0) is 17.0. The molecule has 122 valence electrons. The van der Waals surface area contributed by atoms with E-state index in [1.807, 2.05) is 0 Å². The molecule has 0 aromatic heterocycles. The van der Waals surface area contributed by atoms with Gasteiger partial charge in [-0.25, -0.2) is 0 Å². The predicted molar refractivity (Wildman–Crippen MR) is 81.8 cm³/mol. The molecule has 0 saturated heterocycles. The van der Waals surface area contributed by atoms with Gasteiger partial charge in [0.2, 0.25) is 0 Å². The maximum Gasteiger partial charge on any atom is 0.375 e. The maximum atomic E-state index is 13.7. The minimum Gasteiger partial charge on any atom is -0.497 e. The number of nitrogens with one attached hydrogen (secondary N) is 1. The van der Waals surface area contributed by atoms with E-state index in [4.69, 9.17) is 16.3 Å². The van der Waals surface area contributed by atoms with Crippen LogP contribution >= 0.6 is 11.6 Å². The third kappa shape index (κ3) is 3.76. The Morgan fingerprint density at radius 2 is 1.87 bits per heavy atom. The Bertz CT molecular complexity index is 705. The molecular formula is C16H13ClF3NO2. The number of methoxy groups -OCH3 is 1. The van der Waals surface area contributed by atoms with Gasteiger partial charge in [0.1, 0.15) is 5.75 Å². The van der Waals surface area contributed by atoms with E-state index in [1.165, 1.54) is 19.2 Å². The lowest BCUT2D eigenvalue weighted by Crippen LogP contribution is -2.24. The minimum absolute atomic E-state index is 0.0306. The van der Waals surface area contributed by atoms with Gasteiger partial charge in [0, 0.05) is 6.54 Å². The Balaban J connectivity index is 2.27. The normalized spacial score (nSPS) is 11.2. The van der Waals surface area contributed by atoms with Crippen molar-refractivity contribution < 1.29 is 22.7 Å². The predicted octanol–water partition coefficient (Wildman–Crippen LogP) is 4.55. The highest BCUT2D eigenvalue weighted by molar-refractivity contribution is 6.33. The van der Waals surface area contributed by atoms with Gasteiger partial charge in [0.25, 0.3) is 0 Å². The number of rotatable bonds is 6. The van der Waals surface area contributed by atoms with E-state index in [0.29, 0.717) is 5.75 Å². The largest absolute Gasteiger partial charge is 0.497 e. The summed E-state index contributed by atoms with van der Waals surface area (Å²) < 4.78 is 45.1. The zero-order valence-corrected chi connectivity index (χ0v) is 12.8. The number of anilines is 1. The Morgan fingerprint density at radius 3 is 2.43 bits per heavy atom. The number of halogens is 4. The summed E-state index contributed by atoms with van der Waals surface area (Å²) in [6.07, 6.45) is 0. The second-order valence-electron chi connectivity index (χ2n) is 4.71. The third-order valence-corrected chi connectivity index (χ3v) is 3.54. The summed E-state index contributed by atoms with van der Waals surface area (Å²) in [6, 6.07) is 7.73. The average molecular weight is 344 g/mol. The van der Waals surface area contributed by atoms with Gasteiger partial charge in [-0.3, -0.25) is 4.79 Å². The van der Waals surface area contributed by atoms with Gasteiger partial charge in [-0.1, -0.05) is 35.9 Å². The van der Waals surface area contributed by atoms with Gasteiger partial charge in [-0.05, 0) is 23.8 Å². The molecule has 3 nitrogen and oxygen atoms in total. The second-order valence-corrected chi connectivity index (χ2v) is 5.12. The molecule has 0 fully saturated rings. The monoisotopic (exact) mass is 343 g/mol. The Morgan fingerprint density at radius 1 is 1.22 bits per heavy atom. The van der Waals surface area contributed by atoms with E-state index < -0.39 is 17.5 Å². The molecule has 0 atom stereocenters. The summed E-state index contributed by atoms with van der Waals surface area (Å²) in [4.78, 5) is 10.6. The highest BCUT2D eigenvalue weighted by Gasteiger charge is 2.43. The van der Waals surface area contributed by atoms with Crippen molar-refractivity contribution in [2.24, 2.45) is 0 Å². The van der Waals surface area contributed by atoms with Crippen molar-refractivity contribution in [3.63, 3.8) is 0 Å². The molecule has 0 aliphatic carbocycles. The van der Waals surface area contributed by atoms with Gasteiger partial charge in [-0.2, -0.15) is 13.2 Å². The van der Waals surface area contributed by atoms with Crippen LogP contribution in [0.4, 0.5) is 18.9 Å². The van der Waals surface area contributed by atoms with Crippen LogP contribution in [0.25, 0.3) is 0 Å². The molecule has 0 spiro atoms. The minimum atomic E-state index is -4.26. The highest BCUT2D eigenvalue weighted by Crippen LogP contribution is 2.38. The smallest absolute Gasteiger partial charge is 0.375 e. The van der Waals surface area contributed by atoms with Crippen LogP contribution < -0.4 is 10.1 Å². The van der Waals surface area contributed by atoms with Gasteiger partial charge in [0.05, 0.1) is 23.4 Å². The van der Waals surface area contributed by atoms with Crippen molar-refractivity contribution in [3.05, 3.63) is 58.6 Å². The van der Waals surface area contributed by atoms with Gasteiger partial charge in [-0.15, -0.1) is 0 Å². The summed E-state index contributed by atoms with van der Waals surface area (Å²) >= 11 is 5.90. The quantitative estimate of drug-likeness (QED) is 0.782. The fourth-order valence-corrected chi connectivity index (χ4v) is 2.25. The highest BCUT2D eigenvalue weighted by atomic mass is 35.5. The molecule has 23 heavy (non-hydrogen) atoms. The Kier molecular flexibility index (Phi) is 5.15. The number of benzene rings is 2. The number of carbonyl (C=O) groups excluding carboxylic acids is 1. The molecule has 0 unspecified atom stereocenters. The van der Waals surface area contributed by atoms with Crippen LogP contribution in [0.3, 0.4) is 0 Å². The van der Waals surface area contributed by atoms with Crippen molar-refractivity contribution in [2.45, 2.75) is 12.5 Å². The number of hydrogen-bond donors (Lipinski definition) is 1. The fourth-order valence-electron chi connectivity index (χ4n) is 2.01. The topological polar surface area (TPSA) is 38.3 Å². The molecule has 7 heteroatoms. The molecule has 0 radical (unpaired) electrons. The molecule has 0 heterocycles. The van der Waals surface area contributed by atoms with E-state index in [1.54, 1.807) is 24.3 Å². The second kappa shape index (κ2) is 6.91. The van der Waals surface area contributed by atoms with Gasteiger partial charge in [0.15, 0.2) is 0 Å². The van der Waals surface area contributed by atoms with Crippen molar-refractivity contribution in [1.29, 1.82) is 0 Å². The molecule has 2 rings (SSSR count). The van der Waals surface area contributed by atoms with Crippen LogP contribution in [0.15, 0.2) is 42.5 Å². The lowest BCUT2D eigenvalue weighted by atomic mass is 10.1. The Labute approximate surface area is 136 Å². The van der Waals surface area contributed by atoms with Crippen LogP contribution in [0.5, 0.6) is 5.75 Å². The van der Waals surface area contributed by atoms with Crippen molar-refractivity contribution in [3.8, 4) is 5.75 Å². The molecule has 0 aliphatic rings. The maximum absolute atomic E-state index is 13.7. The lowest BCUT2D eigenvalue weighted by Gasteiger charge is -2.18.